The van der Waals surface area contributed by atoms with E-state index in [0.717, 1.165) is 0 Å². The number of hydrogen-bond donors (Lipinski definition) is 2. The van der Waals surface area contributed by atoms with Gasteiger partial charge in [-0.25, -0.2) is 0 Å². The van der Waals surface area contributed by atoms with Crippen molar-refractivity contribution in [2.45, 2.75) is 96.0 Å². The van der Waals surface area contributed by atoms with E-state index in [1.54, 1.807) is 12.1 Å². The van der Waals surface area contributed by atoms with Crippen LogP contribution in [0.4, 0.5) is 0 Å². The average molecular weight is 427 g/mol. The third-order valence-electron chi connectivity index (χ3n) is 4.47. The number of aliphatic hydroxyl groups is 2. The van der Waals surface area contributed by atoms with Gasteiger partial charge in [-0.2, -0.15) is 0 Å². The van der Waals surface area contributed by atoms with Crippen LogP contribution in [0.5, 0.6) is 0 Å². The zero-order valence-corrected chi connectivity index (χ0v) is 20.2. The Morgan fingerprint density at radius 3 is 1.97 bits per heavy atom. The monoisotopic (exact) mass is 426 g/mol. The second-order valence-corrected chi connectivity index (χ2v) is 12.3. The molecule has 0 bridgehead atoms. The van der Waals surface area contributed by atoms with Crippen molar-refractivity contribution >= 4 is 9.04 Å². The summed E-state index contributed by atoms with van der Waals surface area (Å²) in [7, 11) is -1.56. The van der Waals surface area contributed by atoms with E-state index >= 15 is 0 Å². The summed E-state index contributed by atoms with van der Waals surface area (Å²) in [6.45, 7) is 15.5. The maximum Gasteiger partial charge on any atom is 0.222 e. The lowest BCUT2D eigenvalue weighted by molar-refractivity contribution is -0.382. The standard InChI is InChI=1S/C22H38O6Si/c1-20(2,3)26-17-16(14-23)25-22(24,15-12-10-9-11-13-15)19(27-21(4,5)6)18(17)28-29(7)8/h9-13,16-19,23-24,29H,14H2,1-8H3/t16-,17-,18+,19-,22-/m1/s1. The summed E-state index contributed by atoms with van der Waals surface area (Å²) in [6.07, 6.45) is -2.80. The van der Waals surface area contributed by atoms with E-state index in [0.29, 0.717) is 5.56 Å². The molecule has 0 aliphatic carbocycles. The normalized spacial score (nSPS) is 31.3. The van der Waals surface area contributed by atoms with Gasteiger partial charge < -0.3 is 28.8 Å². The summed E-state index contributed by atoms with van der Waals surface area (Å²) >= 11 is 0. The quantitative estimate of drug-likeness (QED) is 0.681. The molecule has 1 aromatic rings. The highest BCUT2D eigenvalue weighted by atomic mass is 28.3. The first-order valence-corrected chi connectivity index (χ1v) is 13.1. The van der Waals surface area contributed by atoms with Crippen LogP contribution in [0, 0.1) is 0 Å². The molecule has 0 saturated carbocycles. The summed E-state index contributed by atoms with van der Waals surface area (Å²) in [4.78, 5) is 0. The molecule has 1 saturated heterocycles. The number of benzene rings is 1. The van der Waals surface area contributed by atoms with Crippen molar-refractivity contribution in [1.82, 2.24) is 0 Å². The van der Waals surface area contributed by atoms with Crippen molar-refractivity contribution in [3.8, 4) is 0 Å². The first-order valence-electron chi connectivity index (χ1n) is 10.3. The molecular formula is C22H38O6Si. The summed E-state index contributed by atoms with van der Waals surface area (Å²) in [6, 6.07) is 9.14. The lowest BCUT2D eigenvalue weighted by atomic mass is 9.87. The van der Waals surface area contributed by atoms with Crippen LogP contribution in [0.1, 0.15) is 47.1 Å². The maximum atomic E-state index is 11.8. The van der Waals surface area contributed by atoms with Crippen LogP contribution >= 0.6 is 0 Å². The maximum absolute atomic E-state index is 11.8. The molecule has 2 N–H and O–H groups in total. The minimum atomic E-state index is -1.78. The molecule has 1 fully saturated rings. The average Bonchev–Trinajstić information content (AvgIpc) is 2.59. The van der Waals surface area contributed by atoms with E-state index in [9.17, 15) is 10.2 Å². The van der Waals surface area contributed by atoms with Crippen molar-refractivity contribution in [1.29, 1.82) is 0 Å². The Morgan fingerprint density at radius 2 is 1.52 bits per heavy atom. The zero-order chi connectivity index (χ0) is 22.0. The van der Waals surface area contributed by atoms with Crippen LogP contribution in [-0.4, -0.2) is 61.5 Å². The fourth-order valence-corrected chi connectivity index (χ4v) is 4.49. The molecule has 0 amide bonds. The molecule has 29 heavy (non-hydrogen) atoms. The first-order chi connectivity index (χ1) is 13.3. The van der Waals surface area contributed by atoms with Gasteiger partial charge in [0.15, 0.2) is 9.04 Å². The Hall–Kier alpha value is -0.803. The fourth-order valence-electron chi connectivity index (χ4n) is 3.56. The first kappa shape index (κ1) is 24.5. The van der Waals surface area contributed by atoms with Crippen LogP contribution in [0.2, 0.25) is 13.1 Å². The Labute approximate surface area is 176 Å². The van der Waals surface area contributed by atoms with E-state index in [-0.39, 0.29) is 6.61 Å². The Morgan fingerprint density at radius 1 is 0.966 bits per heavy atom. The molecule has 166 valence electrons. The molecule has 7 heteroatoms. The van der Waals surface area contributed by atoms with Gasteiger partial charge in [-0.15, -0.1) is 0 Å². The van der Waals surface area contributed by atoms with Crippen LogP contribution in [0.15, 0.2) is 30.3 Å². The van der Waals surface area contributed by atoms with Gasteiger partial charge in [0.2, 0.25) is 5.79 Å². The van der Waals surface area contributed by atoms with E-state index in [2.05, 4.69) is 13.1 Å². The minimum Gasteiger partial charge on any atom is -0.412 e. The van der Waals surface area contributed by atoms with E-state index < -0.39 is 50.4 Å². The Bertz CT molecular complexity index is 639. The molecule has 1 aliphatic rings. The predicted molar refractivity (Wildman–Crippen MR) is 115 cm³/mol. The second-order valence-electron chi connectivity index (χ2n) is 9.90. The molecule has 0 unspecified atom stereocenters. The van der Waals surface area contributed by atoms with E-state index in [1.165, 1.54) is 0 Å². The smallest absolute Gasteiger partial charge is 0.222 e. The van der Waals surface area contributed by atoms with Crippen molar-refractivity contribution in [2.24, 2.45) is 0 Å². The number of ether oxygens (including phenoxy) is 3. The molecule has 1 aromatic carbocycles. The molecule has 5 atom stereocenters. The summed E-state index contributed by atoms with van der Waals surface area (Å²) in [5, 5.41) is 21.9. The van der Waals surface area contributed by atoms with Gasteiger partial charge in [0.1, 0.15) is 24.4 Å². The van der Waals surface area contributed by atoms with Crippen molar-refractivity contribution < 1.29 is 28.8 Å². The summed E-state index contributed by atoms with van der Waals surface area (Å²) in [5.41, 5.74) is -0.494. The van der Waals surface area contributed by atoms with Gasteiger partial charge in [-0.1, -0.05) is 30.3 Å². The lowest BCUT2D eigenvalue weighted by Gasteiger charge is -2.53. The molecular weight excluding hydrogens is 388 g/mol. The topological polar surface area (TPSA) is 77.4 Å². The summed E-state index contributed by atoms with van der Waals surface area (Å²) < 4.78 is 25.2. The van der Waals surface area contributed by atoms with Gasteiger partial charge in [-0.05, 0) is 54.6 Å². The highest BCUT2D eigenvalue weighted by Crippen LogP contribution is 2.42. The van der Waals surface area contributed by atoms with E-state index in [4.69, 9.17) is 18.6 Å². The van der Waals surface area contributed by atoms with Crippen LogP contribution in [0.3, 0.4) is 0 Å². The molecule has 2 rings (SSSR count). The Kier molecular flexibility index (Phi) is 7.71. The third kappa shape index (κ3) is 6.34. The van der Waals surface area contributed by atoms with Crippen LogP contribution < -0.4 is 0 Å². The van der Waals surface area contributed by atoms with Crippen LogP contribution in [-0.2, 0) is 24.4 Å². The van der Waals surface area contributed by atoms with Crippen molar-refractivity contribution in [3.63, 3.8) is 0 Å². The van der Waals surface area contributed by atoms with Gasteiger partial charge in [0.05, 0.1) is 17.8 Å². The highest BCUT2D eigenvalue weighted by molar-refractivity contribution is 6.48. The van der Waals surface area contributed by atoms with Crippen molar-refractivity contribution in [2.75, 3.05) is 6.61 Å². The van der Waals surface area contributed by atoms with Crippen molar-refractivity contribution in [3.05, 3.63) is 35.9 Å². The van der Waals surface area contributed by atoms with E-state index in [1.807, 2.05) is 59.7 Å². The molecule has 1 heterocycles. The molecule has 0 aromatic heterocycles. The minimum absolute atomic E-state index is 0.308. The SMILES string of the molecule is C[SiH](C)O[C@H]1[C@H](OC(C)(C)C)[C@@H](CO)O[C@](O)(c2ccccc2)[C@@H]1OC(C)(C)C. The predicted octanol–water partition coefficient (Wildman–Crippen LogP) is 2.96. The van der Waals surface area contributed by atoms with Gasteiger partial charge >= 0.3 is 0 Å². The highest BCUT2D eigenvalue weighted by Gasteiger charge is 2.58. The zero-order valence-electron chi connectivity index (χ0n) is 19.0. The molecule has 1 aliphatic heterocycles. The molecule has 0 radical (unpaired) electrons. The second kappa shape index (κ2) is 9.14. The third-order valence-corrected chi connectivity index (χ3v) is 5.33. The number of aliphatic hydroxyl groups excluding tert-OH is 1. The molecule has 6 nitrogen and oxygen atoms in total. The van der Waals surface area contributed by atoms with Crippen LogP contribution in [0.25, 0.3) is 0 Å². The van der Waals surface area contributed by atoms with Gasteiger partial charge in [-0.3, -0.25) is 0 Å². The van der Waals surface area contributed by atoms with Gasteiger partial charge in [0, 0.05) is 5.56 Å². The Balaban J connectivity index is 2.60. The lowest BCUT2D eigenvalue weighted by Crippen LogP contribution is -2.68. The fraction of sp³-hybridized carbons (Fsp3) is 0.727. The summed E-state index contributed by atoms with van der Waals surface area (Å²) in [5.74, 6) is -1.78. The largest absolute Gasteiger partial charge is 0.412 e. The number of hydrogen-bond acceptors (Lipinski definition) is 6. The molecule has 0 spiro atoms. The van der Waals surface area contributed by atoms with Gasteiger partial charge in [0.25, 0.3) is 0 Å². The number of rotatable bonds is 6.